The number of carbonyl (C=O) groups excluding carboxylic acids is 10. The minimum Gasteiger partial charge on any atom is -0.354 e. The van der Waals surface area contributed by atoms with Crippen LogP contribution in [0.5, 0.6) is 0 Å². The zero-order chi connectivity index (χ0) is 68.2. The maximum absolute atomic E-state index is 15.2. The van der Waals surface area contributed by atoms with Gasteiger partial charge in [-0.2, -0.15) is 0 Å². The molecule has 0 saturated carbocycles. The summed E-state index contributed by atoms with van der Waals surface area (Å²) in [7, 11) is 0. The van der Waals surface area contributed by atoms with Crippen LogP contribution in [0.4, 0.5) is 0 Å². The smallest absolute Gasteiger partial charge is 0.246 e. The highest BCUT2D eigenvalue weighted by Gasteiger charge is 2.42. The Morgan fingerprint density at radius 3 is 1.37 bits per heavy atom. The van der Waals surface area contributed by atoms with E-state index < -0.39 is 119 Å². The van der Waals surface area contributed by atoms with Crippen LogP contribution in [0.1, 0.15) is 144 Å². The second-order valence-corrected chi connectivity index (χ2v) is 27.6. The summed E-state index contributed by atoms with van der Waals surface area (Å²) in [5, 5.41) is 27.6. The third kappa shape index (κ3) is 20.8. The summed E-state index contributed by atoms with van der Waals surface area (Å²) in [6, 6.07) is 19.3. The van der Waals surface area contributed by atoms with Crippen LogP contribution in [0.2, 0.25) is 0 Å². The molecule has 3 aliphatic rings. The Balaban J connectivity index is 1.22. The zero-order valence-electron chi connectivity index (χ0n) is 56.4. The predicted octanol–water partition coefficient (Wildman–Crippen LogP) is 4.81. The number of amides is 10. The molecule has 7 rings (SSSR count). The Kier molecular flexibility index (Phi) is 27.7. The summed E-state index contributed by atoms with van der Waals surface area (Å²) < 4.78 is 0. The molecule has 4 aromatic carbocycles. The molecule has 94 heavy (non-hydrogen) atoms. The summed E-state index contributed by atoms with van der Waals surface area (Å²) in [4.78, 5) is 149. The number of hydrogen-bond donors (Lipinski definition) is 10. The lowest BCUT2D eigenvalue weighted by atomic mass is 9.93. The Hall–Kier alpha value is -7.98. The van der Waals surface area contributed by atoms with Gasteiger partial charge in [0.1, 0.15) is 36.3 Å². The van der Waals surface area contributed by atoms with E-state index in [-0.39, 0.29) is 101 Å². The standard InChI is InChI=1S/C72H104N12O10/c1-43(2)34-52-39-63(85)80-58(25-15-31-74)68(90)76-42-56(46(7)8)66(88)82-60(38-51-22-13-21-49-19-11-12-23-54(49)51)72(94)84-33-17-27-62(84)70(92)78-53(35-44(3)4)40-64(86)79-57(24-14-30-73)67(89)75-41-55(45(5)6)65(87)81-59(71(93)83-32-16-26-61(83)69(91)77-52)37-47-28-29-48-18-9-10-20-50(48)36-47/h9-13,18-23,28-29,36,43-46,52-53,55-62H,14-17,24-27,30-35,37-42,73-74H2,1-8H3,(H,75,89)(H,76,90)(H,77,91)(H,78,92)(H,79,86)(H,80,85)(H,81,87)(H,82,88)/t52-,53-,55-,56-,57+,58+,59+,60+,61-,62-/m0/s1. The molecule has 0 aromatic heterocycles. The molecule has 0 radical (unpaired) electrons. The summed E-state index contributed by atoms with van der Waals surface area (Å²) >= 11 is 0. The van der Waals surface area contributed by atoms with Crippen molar-refractivity contribution in [3.05, 3.63) is 96.1 Å². The van der Waals surface area contributed by atoms with E-state index in [2.05, 4.69) is 42.5 Å². The molecule has 22 nitrogen and oxygen atoms in total. The number of carbonyl (C=O) groups is 10. The van der Waals surface area contributed by atoms with Gasteiger partial charge in [-0.1, -0.05) is 140 Å². The highest BCUT2D eigenvalue weighted by molar-refractivity contribution is 5.97. The normalized spacial score (nSPS) is 25.3. The molecule has 3 fully saturated rings. The van der Waals surface area contributed by atoms with Crippen molar-refractivity contribution in [2.45, 2.75) is 194 Å². The molecule has 3 aliphatic heterocycles. The average Bonchev–Trinajstić information content (AvgIpc) is 1.38. The molecule has 3 saturated heterocycles. The van der Waals surface area contributed by atoms with Gasteiger partial charge in [-0.3, -0.25) is 47.9 Å². The zero-order valence-corrected chi connectivity index (χ0v) is 56.4. The fourth-order valence-electron chi connectivity index (χ4n) is 13.4. The van der Waals surface area contributed by atoms with Crippen molar-refractivity contribution < 1.29 is 47.9 Å². The molecule has 0 aliphatic carbocycles. The van der Waals surface area contributed by atoms with E-state index in [9.17, 15) is 38.4 Å². The molecule has 22 heteroatoms. The fraction of sp³-hybridized carbons (Fsp3) is 0.583. The summed E-state index contributed by atoms with van der Waals surface area (Å²) in [6.07, 6.45) is 3.22. The lowest BCUT2D eigenvalue weighted by Crippen LogP contribution is -2.57. The molecular weight excluding hydrogens is 1190 g/mol. The first-order valence-electron chi connectivity index (χ1n) is 34.3. The highest BCUT2D eigenvalue weighted by atomic mass is 16.2. The van der Waals surface area contributed by atoms with Crippen LogP contribution >= 0.6 is 0 Å². The van der Waals surface area contributed by atoms with E-state index >= 15 is 9.59 Å². The lowest BCUT2D eigenvalue weighted by molar-refractivity contribution is -0.142. The van der Waals surface area contributed by atoms with Crippen LogP contribution in [0.25, 0.3) is 21.5 Å². The van der Waals surface area contributed by atoms with Gasteiger partial charge in [-0.15, -0.1) is 0 Å². The molecule has 0 bridgehead atoms. The second-order valence-electron chi connectivity index (χ2n) is 27.6. The Labute approximate surface area is 554 Å². The van der Waals surface area contributed by atoms with Gasteiger partial charge in [0, 0.05) is 63.9 Å². The highest BCUT2D eigenvalue weighted by Crippen LogP contribution is 2.27. The van der Waals surface area contributed by atoms with E-state index in [4.69, 9.17) is 11.5 Å². The molecule has 10 amide bonds. The largest absolute Gasteiger partial charge is 0.354 e. The van der Waals surface area contributed by atoms with E-state index in [1.807, 2.05) is 140 Å². The van der Waals surface area contributed by atoms with Gasteiger partial charge in [-0.25, -0.2) is 0 Å². The number of hydrogen-bond acceptors (Lipinski definition) is 12. The number of rotatable bonds is 16. The SMILES string of the molecule is CC(C)C[C@H]1CC(=O)N[C@H](CCCN)C(=O)NC[C@@H](C(C)C)C(=O)N[C@H](Cc2cccc3ccccc23)C(=O)N2CCC[C@H]2C(=O)N[C@@H](CC(C)C)CC(=O)N[C@H](CCCN)C(=O)NC[C@@H](C(C)C)C(=O)N[C@H](Cc2ccc3ccccc3c2)C(=O)N2CCC[C@H]2C(=O)N1. The van der Waals surface area contributed by atoms with Gasteiger partial charge >= 0.3 is 0 Å². The summed E-state index contributed by atoms with van der Waals surface area (Å²) in [5.41, 5.74) is 13.5. The molecule has 4 aromatic rings. The Morgan fingerprint density at radius 2 is 0.904 bits per heavy atom. The minimum atomic E-state index is -1.16. The third-order valence-electron chi connectivity index (χ3n) is 18.5. The van der Waals surface area contributed by atoms with Crippen molar-refractivity contribution in [2.24, 2.45) is 47.0 Å². The first-order valence-corrected chi connectivity index (χ1v) is 34.3. The number of nitrogens with one attached hydrogen (secondary N) is 8. The van der Waals surface area contributed by atoms with Crippen LogP contribution < -0.4 is 54.0 Å². The lowest BCUT2D eigenvalue weighted by Gasteiger charge is -2.32. The number of nitrogens with zero attached hydrogens (tertiary/aromatic N) is 2. The molecule has 10 atom stereocenters. The Bertz CT molecular complexity index is 3280. The van der Waals surface area contributed by atoms with Gasteiger partial charge in [0.05, 0.1) is 11.8 Å². The van der Waals surface area contributed by atoms with Gasteiger partial charge in [0.2, 0.25) is 59.1 Å². The minimum absolute atomic E-state index is 0.0105. The topological polar surface area (TPSA) is 325 Å². The number of nitrogens with two attached hydrogens (primary N) is 2. The average molecular weight is 1300 g/mol. The first kappa shape index (κ1) is 73.4. The van der Waals surface area contributed by atoms with Crippen molar-refractivity contribution in [1.29, 1.82) is 0 Å². The summed E-state index contributed by atoms with van der Waals surface area (Å²) in [5.74, 6) is -7.42. The monoisotopic (exact) mass is 1300 g/mol. The number of fused-ring (bicyclic) bond motifs is 4. The quantitative estimate of drug-likeness (QED) is 0.0723. The third-order valence-corrected chi connectivity index (χ3v) is 18.5. The summed E-state index contributed by atoms with van der Waals surface area (Å²) in [6.45, 7) is 15.8. The molecular formula is C72H104N12O10. The van der Waals surface area contributed by atoms with Gasteiger partial charge in [-0.05, 0) is 134 Å². The first-order chi connectivity index (χ1) is 44.9. The van der Waals surface area contributed by atoms with E-state index in [0.717, 1.165) is 32.7 Å². The van der Waals surface area contributed by atoms with Crippen LogP contribution in [0.3, 0.4) is 0 Å². The van der Waals surface area contributed by atoms with Crippen molar-refractivity contribution in [3.63, 3.8) is 0 Å². The van der Waals surface area contributed by atoms with Gasteiger partial charge < -0.3 is 63.8 Å². The van der Waals surface area contributed by atoms with Crippen LogP contribution in [-0.4, -0.2) is 156 Å². The van der Waals surface area contributed by atoms with Crippen LogP contribution in [0, 0.1) is 35.5 Å². The van der Waals surface area contributed by atoms with Crippen molar-refractivity contribution in [1.82, 2.24) is 52.3 Å². The molecule has 12 N–H and O–H groups in total. The van der Waals surface area contributed by atoms with Crippen molar-refractivity contribution in [3.8, 4) is 0 Å². The van der Waals surface area contributed by atoms with Crippen LogP contribution in [-0.2, 0) is 60.8 Å². The molecule has 0 spiro atoms. The molecule has 512 valence electrons. The maximum Gasteiger partial charge on any atom is 0.246 e. The van der Waals surface area contributed by atoms with Crippen molar-refractivity contribution in [2.75, 3.05) is 39.3 Å². The number of benzene rings is 4. The second kappa shape index (κ2) is 35.5. The molecule has 0 unspecified atom stereocenters. The predicted molar refractivity (Wildman–Crippen MR) is 364 cm³/mol. The Morgan fingerprint density at radius 1 is 0.457 bits per heavy atom. The fourth-order valence-corrected chi connectivity index (χ4v) is 13.4. The van der Waals surface area contributed by atoms with E-state index in [1.54, 1.807) is 0 Å². The van der Waals surface area contributed by atoms with Crippen molar-refractivity contribution >= 4 is 80.6 Å². The van der Waals surface area contributed by atoms with Gasteiger partial charge in [0.25, 0.3) is 0 Å². The van der Waals surface area contributed by atoms with Gasteiger partial charge in [0.15, 0.2) is 0 Å². The maximum atomic E-state index is 15.2. The molecule has 3 heterocycles. The van der Waals surface area contributed by atoms with E-state index in [0.29, 0.717) is 51.4 Å². The van der Waals surface area contributed by atoms with E-state index in [1.165, 1.54) is 9.80 Å². The van der Waals surface area contributed by atoms with Crippen LogP contribution in [0.15, 0.2) is 84.9 Å².